The summed E-state index contributed by atoms with van der Waals surface area (Å²) in [5.74, 6) is -0.383. The fraction of sp³-hybridized carbons (Fsp3) is 0.222. The van der Waals surface area contributed by atoms with Crippen LogP contribution in [0.5, 0.6) is 5.88 Å². The van der Waals surface area contributed by atoms with E-state index < -0.39 is 5.56 Å². The van der Waals surface area contributed by atoms with Crippen LogP contribution in [-0.2, 0) is 6.54 Å². The van der Waals surface area contributed by atoms with Crippen LogP contribution < -0.4 is 5.56 Å². The molecular formula is C18H18N4O2. The quantitative estimate of drug-likeness (QED) is 0.682. The maximum absolute atomic E-state index is 12.6. The molecule has 0 amide bonds. The third kappa shape index (κ3) is 2.97. The molecule has 0 spiro atoms. The van der Waals surface area contributed by atoms with E-state index >= 15 is 0 Å². The van der Waals surface area contributed by atoms with Gasteiger partial charge in [0.2, 0.25) is 5.88 Å². The maximum Gasteiger partial charge on any atom is 0.281 e. The first-order chi connectivity index (χ1) is 11.4. The number of allylic oxidation sites excluding steroid dienone is 1. The summed E-state index contributed by atoms with van der Waals surface area (Å²) < 4.78 is 1.05. The topological polar surface area (TPSA) is 90.7 Å². The fourth-order valence-corrected chi connectivity index (χ4v) is 2.42. The molecule has 0 saturated carbocycles. The van der Waals surface area contributed by atoms with Gasteiger partial charge >= 0.3 is 0 Å². The van der Waals surface area contributed by atoms with Gasteiger partial charge in [0.15, 0.2) is 5.69 Å². The second-order valence-electron chi connectivity index (χ2n) is 5.43. The Labute approximate surface area is 140 Å². The van der Waals surface area contributed by atoms with Crippen LogP contribution in [-0.4, -0.2) is 9.67 Å². The van der Waals surface area contributed by atoms with Crippen molar-refractivity contribution in [1.82, 2.24) is 4.57 Å². The number of pyridine rings is 1. The molecule has 6 heteroatoms. The zero-order valence-electron chi connectivity index (χ0n) is 13.9. The number of nitrogens with zero attached hydrogens (tertiary/aromatic N) is 4. The molecule has 0 aliphatic rings. The van der Waals surface area contributed by atoms with Crippen molar-refractivity contribution in [2.75, 3.05) is 0 Å². The third-order valence-corrected chi connectivity index (χ3v) is 3.77. The van der Waals surface area contributed by atoms with Crippen LogP contribution in [0, 0.1) is 32.1 Å². The van der Waals surface area contributed by atoms with Gasteiger partial charge in [0.05, 0.1) is 5.69 Å². The first-order valence-electron chi connectivity index (χ1n) is 7.37. The van der Waals surface area contributed by atoms with Crippen LogP contribution in [0.2, 0.25) is 0 Å². The number of benzene rings is 1. The van der Waals surface area contributed by atoms with E-state index in [0.29, 0.717) is 11.3 Å². The largest absolute Gasteiger partial charge is 0.493 e. The predicted molar refractivity (Wildman–Crippen MR) is 92.1 cm³/mol. The van der Waals surface area contributed by atoms with Crippen molar-refractivity contribution >= 4 is 11.4 Å². The summed E-state index contributed by atoms with van der Waals surface area (Å²) in [5, 5.41) is 27.6. The van der Waals surface area contributed by atoms with Crippen molar-refractivity contribution in [3.05, 3.63) is 63.5 Å². The minimum absolute atomic E-state index is 0.00639. The average molecular weight is 322 g/mol. The molecule has 6 nitrogen and oxygen atoms in total. The molecule has 2 rings (SSSR count). The van der Waals surface area contributed by atoms with Gasteiger partial charge in [-0.15, -0.1) is 16.8 Å². The van der Waals surface area contributed by atoms with Crippen LogP contribution >= 0.6 is 0 Å². The number of aromatic nitrogens is 1. The molecule has 0 saturated heterocycles. The van der Waals surface area contributed by atoms with E-state index in [1.807, 2.05) is 38.1 Å². The Hall–Kier alpha value is -3.20. The molecule has 0 aliphatic heterocycles. The van der Waals surface area contributed by atoms with E-state index in [1.54, 1.807) is 6.92 Å². The number of hydrogen-bond donors (Lipinski definition) is 1. The zero-order chi connectivity index (χ0) is 17.9. The third-order valence-electron chi connectivity index (χ3n) is 3.77. The van der Waals surface area contributed by atoms with E-state index in [-0.39, 0.29) is 23.7 Å². The number of nitriles is 1. The van der Waals surface area contributed by atoms with Crippen molar-refractivity contribution in [3.63, 3.8) is 0 Å². The highest BCUT2D eigenvalue weighted by atomic mass is 16.3. The molecule has 1 aromatic heterocycles. The van der Waals surface area contributed by atoms with Crippen LogP contribution in [0.25, 0.3) is 0 Å². The van der Waals surface area contributed by atoms with Gasteiger partial charge in [-0.2, -0.15) is 5.26 Å². The second-order valence-corrected chi connectivity index (χ2v) is 5.43. The lowest BCUT2D eigenvalue weighted by Crippen LogP contribution is -2.21. The number of hydrogen-bond acceptors (Lipinski definition) is 5. The minimum Gasteiger partial charge on any atom is -0.493 e. The molecule has 0 unspecified atom stereocenters. The van der Waals surface area contributed by atoms with Gasteiger partial charge < -0.3 is 5.11 Å². The van der Waals surface area contributed by atoms with Crippen molar-refractivity contribution in [1.29, 1.82) is 5.26 Å². The summed E-state index contributed by atoms with van der Waals surface area (Å²) in [7, 11) is 0. The Bertz CT molecular complexity index is 913. The second kappa shape index (κ2) is 6.92. The molecular weight excluding hydrogens is 304 g/mol. The van der Waals surface area contributed by atoms with Crippen LogP contribution in [0.1, 0.15) is 22.3 Å². The summed E-state index contributed by atoms with van der Waals surface area (Å²) in [4.78, 5) is 12.6. The van der Waals surface area contributed by atoms with E-state index in [0.717, 1.165) is 15.7 Å². The molecule has 0 atom stereocenters. The lowest BCUT2D eigenvalue weighted by molar-refractivity contribution is 0.414. The minimum atomic E-state index is -0.515. The van der Waals surface area contributed by atoms with Crippen molar-refractivity contribution in [3.8, 4) is 11.9 Å². The van der Waals surface area contributed by atoms with E-state index in [4.69, 9.17) is 0 Å². The molecule has 2 aromatic rings. The van der Waals surface area contributed by atoms with Crippen LogP contribution in [0.4, 0.5) is 11.4 Å². The van der Waals surface area contributed by atoms with Gasteiger partial charge in [0.1, 0.15) is 11.6 Å². The number of azo groups is 1. The molecule has 0 aliphatic carbocycles. The Kier molecular flexibility index (Phi) is 4.95. The Morgan fingerprint density at radius 3 is 2.38 bits per heavy atom. The van der Waals surface area contributed by atoms with Crippen molar-refractivity contribution in [2.24, 2.45) is 10.2 Å². The SMILES string of the molecule is C=CCn1c(O)c(C#N)c(C)c(N=Nc2c(C)cccc2C)c1=O. The molecule has 122 valence electrons. The summed E-state index contributed by atoms with van der Waals surface area (Å²) in [6, 6.07) is 7.63. The average Bonchev–Trinajstić information content (AvgIpc) is 2.54. The van der Waals surface area contributed by atoms with Gasteiger partial charge in [-0.1, -0.05) is 24.3 Å². The molecule has 1 aromatic carbocycles. The zero-order valence-corrected chi connectivity index (χ0v) is 13.9. The summed E-state index contributed by atoms with van der Waals surface area (Å²) in [6.07, 6.45) is 1.46. The number of aryl methyl sites for hydroxylation is 2. The first-order valence-corrected chi connectivity index (χ1v) is 7.37. The molecule has 1 N–H and O–H groups in total. The Morgan fingerprint density at radius 2 is 1.83 bits per heavy atom. The molecule has 24 heavy (non-hydrogen) atoms. The van der Waals surface area contributed by atoms with E-state index in [1.165, 1.54) is 6.08 Å². The molecule has 0 fully saturated rings. The first kappa shape index (κ1) is 17.2. The van der Waals surface area contributed by atoms with Gasteiger partial charge in [-0.05, 0) is 31.9 Å². The van der Waals surface area contributed by atoms with E-state index in [2.05, 4.69) is 16.8 Å². The molecule has 0 bridgehead atoms. The van der Waals surface area contributed by atoms with Gasteiger partial charge in [0, 0.05) is 12.1 Å². The normalized spacial score (nSPS) is 10.8. The summed E-state index contributed by atoms with van der Waals surface area (Å²) >= 11 is 0. The Balaban J connectivity index is 2.69. The van der Waals surface area contributed by atoms with Gasteiger partial charge in [-0.3, -0.25) is 9.36 Å². The standard InChI is InChI=1S/C18H18N4O2/c1-5-9-22-17(23)14(10-19)13(4)16(18(22)24)21-20-15-11(2)7-6-8-12(15)3/h5-8,23H,1,9H2,2-4H3. The van der Waals surface area contributed by atoms with Gasteiger partial charge in [-0.25, -0.2) is 0 Å². The maximum atomic E-state index is 12.6. The summed E-state index contributed by atoms with van der Waals surface area (Å²) in [6.45, 7) is 9.01. The smallest absolute Gasteiger partial charge is 0.281 e. The molecule has 1 heterocycles. The Morgan fingerprint density at radius 1 is 1.25 bits per heavy atom. The van der Waals surface area contributed by atoms with Crippen LogP contribution in [0.15, 0.2) is 45.9 Å². The highest BCUT2D eigenvalue weighted by molar-refractivity contribution is 5.57. The lowest BCUT2D eigenvalue weighted by atomic mass is 10.1. The van der Waals surface area contributed by atoms with Crippen molar-refractivity contribution in [2.45, 2.75) is 27.3 Å². The molecule has 0 radical (unpaired) electrons. The van der Waals surface area contributed by atoms with Crippen molar-refractivity contribution < 1.29 is 5.11 Å². The van der Waals surface area contributed by atoms with E-state index in [9.17, 15) is 15.2 Å². The van der Waals surface area contributed by atoms with Gasteiger partial charge in [0.25, 0.3) is 5.56 Å². The highest BCUT2D eigenvalue weighted by Crippen LogP contribution is 2.29. The number of aromatic hydroxyl groups is 1. The fourth-order valence-electron chi connectivity index (χ4n) is 2.42. The highest BCUT2D eigenvalue weighted by Gasteiger charge is 2.18. The monoisotopic (exact) mass is 322 g/mol. The predicted octanol–water partition coefficient (Wildman–Crippen LogP) is 3.95. The number of rotatable bonds is 4. The van der Waals surface area contributed by atoms with Crippen LogP contribution in [0.3, 0.4) is 0 Å². The lowest BCUT2D eigenvalue weighted by Gasteiger charge is -2.11. The summed E-state index contributed by atoms with van der Waals surface area (Å²) in [5.41, 5.74) is 2.37.